The number of aliphatic hydroxyl groups is 1. The lowest BCUT2D eigenvalue weighted by molar-refractivity contribution is -0.136. The molecule has 1 saturated carbocycles. The first-order valence-corrected chi connectivity index (χ1v) is 37.1. The number of carbonyl (C=O) groups excluding carboxylic acids is 5. The van der Waals surface area contributed by atoms with Crippen LogP contribution in [0, 0.1) is 22.2 Å². The van der Waals surface area contributed by atoms with Crippen molar-refractivity contribution in [1.29, 1.82) is 0 Å². The molecule has 2 fully saturated rings. The molecule has 3 rings (SSSR count). The van der Waals surface area contributed by atoms with E-state index in [0.717, 1.165) is 48.6 Å². The molecule has 23 nitrogen and oxygen atoms in total. The number of carbonyl (C=O) groups is 5. The summed E-state index contributed by atoms with van der Waals surface area (Å²) in [6.45, 7) is 58.9. The fourth-order valence-electron chi connectivity index (χ4n) is 6.16. The fourth-order valence-corrected chi connectivity index (χ4v) is 9.68. The summed E-state index contributed by atoms with van der Waals surface area (Å²) in [6, 6.07) is 9.90. The highest BCUT2D eigenvalue weighted by Crippen LogP contribution is 2.29. The summed E-state index contributed by atoms with van der Waals surface area (Å²) in [5, 5.41) is 22.6. The number of aliphatic hydroxyl groups excluding tert-OH is 1. The maximum atomic E-state index is 11.5. The summed E-state index contributed by atoms with van der Waals surface area (Å²) in [7, 11) is -1.23. The number of likely N-dealkylation sites (tertiary alicyclic amines) is 1. The van der Waals surface area contributed by atoms with Crippen LogP contribution in [0.4, 0.5) is 9.59 Å². The van der Waals surface area contributed by atoms with Gasteiger partial charge in [0.25, 0.3) is 10.2 Å². The molecule has 0 radical (unpaired) electrons. The summed E-state index contributed by atoms with van der Waals surface area (Å²) in [5.74, 6) is 1.03. The number of sulfonamides is 2. The van der Waals surface area contributed by atoms with Gasteiger partial charge in [0.2, 0.25) is 37.8 Å². The average molecular weight is 1390 g/mol. The Labute approximate surface area is 570 Å². The second kappa shape index (κ2) is 43.2. The molecule has 1 saturated heterocycles. The van der Waals surface area contributed by atoms with Crippen LogP contribution in [0.15, 0.2) is 30.3 Å². The van der Waals surface area contributed by atoms with E-state index in [1.54, 1.807) is 46.8 Å². The van der Waals surface area contributed by atoms with Gasteiger partial charge >= 0.3 is 12.1 Å². The van der Waals surface area contributed by atoms with E-state index in [1.165, 1.54) is 24.7 Å². The largest absolute Gasteiger partial charge is 0.396 e. The predicted molar refractivity (Wildman–Crippen MR) is 389 cm³/mol. The quantitative estimate of drug-likeness (QED) is 0.108. The van der Waals surface area contributed by atoms with E-state index in [0.29, 0.717) is 25.4 Å². The van der Waals surface area contributed by atoms with Crippen molar-refractivity contribution in [2.24, 2.45) is 22.2 Å². The molecule has 1 heterocycles. The summed E-state index contributed by atoms with van der Waals surface area (Å²) >= 11 is 0. The standard InChI is InChI=1S/C12H17NO.C9H18N2O.C8H15NO.C7H16N2O.C7H17NO2S.C7H15NO.C6H16N2O2S.C6H15NO2S.C5H12O/c1-12(2,3)11(14)13-9-10-7-5-4-6-8-10;1-9(2,3)10-8(12)11-6-4-5-7-11;1-8(2,3)9-7(10)6-4-5-6;1-5-8-6(10)9-7(2,3)4;1-5-6-11(9,10)8-7(2,3)4;1-7(2,3)6(9)8(4)5;1-6(2,3)7-11(9,10)8(4)5;1-6(2,3)7(4)10(5,8)9;1-5(2,3)4-6/h4-8H,9H2,1-3H3,(H,13,14);4-7H2,1-3H3,(H,10,12);6H,4-5H2,1-3H3,(H,9,10);5H2,1-4H3,(H2,8,9,10);8H,5-6H2,1-4H3;1-5H3;7H,1-5H3;1-5H3;6H,4H2,1-3H3. The Kier molecular flexibility index (Phi) is 46.4. The van der Waals surface area contributed by atoms with Gasteiger partial charge in [0.1, 0.15) is 0 Å². The van der Waals surface area contributed by atoms with Crippen LogP contribution in [0.3, 0.4) is 0 Å². The lowest BCUT2D eigenvalue weighted by Gasteiger charge is -2.29. The molecule has 8 N–H and O–H groups in total. The smallest absolute Gasteiger partial charge is 0.317 e. The zero-order chi connectivity index (χ0) is 75.6. The van der Waals surface area contributed by atoms with Crippen molar-refractivity contribution < 1.29 is 54.3 Å². The summed E-state index contributed by atoms with van der Waals surface area (Å²) in [5.41, 5.74) is -0.702. The molecule has 0 unspecified atom stereocenters. The molecule has 1 aliphatic heterocycles. The van der Waals surface area contributed by atoms with Gasteiger partial charge in [-0.05, 0) is 175 Å². The van der Waals surface area contributed by atoms with Crippen LogP contribution in [-0.4, -0.2) is 185 Å². The number of nitrogens with zero attached hydrogens (tertiary/aromatic N) is 4. The van der Waals surface area contributed by atoms with Gasteiger partial charge in [-0.3, -0.25) is 14.4 Å². The van der Waals surface area contributed by atoms with Crippen molar-refractivity contribution in [1.82, 2.24) is 54.4 Å². The molecule has 1 aliphatic carbocycles. The Morgan fingerprint density at radius 3 is 1.19 bits per heavy atom. The highest BCUT2D eigenvalue weighted by Gasteiger charge is 2.32. The zero-order valence-corrected chi connectivity index (χ0v) is 67.6. The highest BCUT2D eigenvalue weighted by molar-refractivity contribution is 7.89. The van der Waals surface area contributed by atoms with Crippen LogP contribution >= 0.6 is 0 Å². The lowest BCUT2D eigenvalue weighted by Crippen LogP contribution is -2.47. The fraction of sp³-hybridized carbons (Fsp3) is 0.836. The first-order valence-electron chi connectivity index (χ1n) is 32.2. The maximum absolute atomic E-state index is 11.5. The number of nitrogens with one attached hydrogen (secondary N) is 7. The average Bonchev–Trinajstić information content (AvgIpc) is 1.45. The SMILES string of the molecule is CC(C)(C)C(=O)NCc1ccccc1.CC(C)(C)CO.CC(C)(C)NC(=O)C1CC1.CC(C)(C)NC(=O)N1CCCC1.CCCS(=O)(=O)NC(C)(C)C.CCNC(=O)NC(C)(C)C.CN(C(C)(C)C)S(C)(=O)=O.CN(C)C(=O)C(C)(C)C.CN(C)S(=O)(=O)NC(C)(C)C. The Morgan fingerprint density at radius 2 is 0.957 bits per heavy atom. The molecule has 0 aromatic heterocycles. The maximum Gasteiger partial charge on any atom is 0.317 e. The minimum Gasteiger partial charge on any atom is -0.396 e. The molecule has 93 heavy (non-hydrogen) atoms. The molecule has 554 valence electrons. The molecule has 2 aliphatic rings. The van der Waals surface area contributed by atoms with Crippen LogP contribution in [-0.2, 0) is 51.2 Å². The van der Waals surface area contributed by atoms with Gasteiger partial charge in [0.05, 0.1) is 12.0 Å². The predicted octanol–water partition coefficient (Wildman–Crippen LogP) is 10.5. The van der Waals surface area contributed by atoms with E-state index < -0.39 is 35.8 Å². The van der Waals surface area contributed by atoms with Crippen molar-refractivity contribution in [3.8, 4) is 0 Å². The summed E-state index contributed by atoms with van der Waals surface area (Å²) in [6.07, 6.45) is 6.34. The third-order valence-corrected chi connectivity index (χ3v) is 16.2. The van der Waals surface area contributed by atoms with Crippen LogP contribution in [0.5, 0.6) is 0 Å². The summed E-state index contributed by atoms with van der Waals surface area (Å²) in [4.78, 5) is 59.5. The highest BCUT2D eigenvalue weighted by atomic mass is 32.2. The number of urea groups is 2. The van der Waals surface area contributed by atoms with Crippen molar-refractivity contribution in [2.45, 2.75) is 273 Å². The third-order valence-electron chi connectivity index (χ3n) is 10.9. The number of hydrogen-bond acceptors (Lipinski definition) is 12. The summed E-state index contributed by atoms with van der Waals surface area (Å²) < 4.78 is 74.0. The van der Waals surface area contributed by atoms with Gasteiger partial charge in [-0.25, -0.2) is 31.1 Å². The van der Waals surface area contributed by atoms with Gasteiger partial charge in [-0.2, -0.15) is 21.8 Å². The van der Waals surface area contributed by atoms with E-state index in [2.05, 4.69) is 36.0 Å². The van der Waals surface area contributed by atoms with Crippen molar-refractivity contribution in [3.63, 3.8) is 0 Å². The van der Waals surface area contributed by atoms with Gasteiger partial charge in [0.15, 0.2) is 0 Å². The van der Waals surface area contributed by atoms with E-state index in [1.807, 2.05) is 215 Å². The van der Waals surface area contributed by atoms with E-state index in [-0.39, 0.29) is 86.1 Å². The molecule has 26 heteroatoms. The zero-order valence-electron chi connectivity index (χ0n) is 65.2. The first-order chi connectivity index (χ1) is 40.9. The van der Waals surface area contributed by atoms with Crippen LogP contribution in [0.2, 0.25) is 0 Å². The molecule has 7 amide bonds. The van der Waals surface area contributed by atoms with Crippen molar-refractivity contribution in [2.75, 3.05) is 73.5 Å². The molecular weight excluding hydrogens is 1250 g/mol. The topological polar surface area (TPSA) is 305 Å². The Balaban J connectivity index is -0.000000230. The molecule has 1 aromatic carbocycles. The Morgan fingerprint density at radius 1 is 0.559 bits per heavy atom. The van der Waals surface area contributed by atoms with Gasteiger partial charge in [0, 0.05) is 118 Å². The number of rotatable bonds is 10. The van der Waals surface area contributed by atoms with Crippen LogP contribution in [0.1, 0.15) is 238 Å². The normalized spacial score (nSPS) is 13.8. The number of hydrogen-bond donors (Lipinski definition) is 8. The molecule has 0 atom stereocenters. The molecule has 0 bridgehead atoms. The van der Waals surface area contributed by atoms with Crippen molar-refractivity contribution >= 4 is 60.0 Å². The lowest BCUT2D eigenvalue weighted by atomic mass is 9.95. The second-order valence-corrected chi connectivity index (χ2v) is 38.7. The van der Waals surface area contributed by atoms with Gasteiger partial charge in [-0.15, -0.1) is 0 Å². The Hall–Kier alpha value is -4.18. The van der Waals surface area contributed by atoms with E-state index in [9.17, 15) is 49.2 Å². The minimum absolute atomic E-state index is 0.0559. The van der Waals surface area contributed by atoms with E-state index >= 15 is 0 Å². The van der Waals surface area contributed by atoms with E-state index in [4.69, 9.17) is 5.11 Å². The van der Waals surface area contributed by atoms with Gasteiger partial charge < -0.3 is 41.5 Å². The minimum atomic E-state index is -3.27. The molecule has 1 aromatic rings. The monoisotopic (exact) mass is 1390 g/mol. The number of benzene rings is 1. The number of amides is 7. The molecule has 0 spiro atoms. The second-order valence-electron chi connectivity index (χ2n) is 32.9. The first kappa shape index (κ1) is 99.9. The Bertz CT molecular complexity index is 2600. The third kappa shape index (κ3) is 67.6. The molecular formula is C67H141N11O12S3. The van der Waals surface area contributed by atoms with Crippen LogP contribution in [0.25, 0.3) is 0 Å². The van der Waals surface area contributed by atoms with Gasteiger partial charge in [-0.1, -0.05) is 99.6 Å². The van der Waals surface area contributed by atoms with Crippen molar-refractivity contribution in [3.05, 3.63) is 35.9 Å². The van der Waals surface area contributed by atoms with Crippen LogP contribution < -0.4 is 36.0 Å².